The molecular weight excluding hydrogens is 470 g/mol. The fourth-order valence-corrected chi connectivity index (χ4v) is 5.19. The van der Waals surface area contributed by atoms with E-state index in [2.05, 4.69) is 30.7 Å². The summed E-state index contributed by atoms with van der Waals surface area (Å²) in [5.41, 5.74) is 1.41. The lowest BCUT2D eigenvalue weighted by Crippen LogP contribution is -2.43. The number of halogens is 1. The molecule has 3 atom stereocenters. The third-order valence-electron chi connectivity index (χ3n) is 5.96. The molecule has 0 fully saturated rings. The first-order valence-corrected chi connectivity index (χ1v) is 12.9. The highest BCUT2D eigenvalue weighted by Gasteiger charge is 2.27. The number of rotatable bonds is 14. The van der Waals surface area contributed by atoms with Gasteiger partial charge in [0.2, 0.25) is 5.91 Å². The number of carbonyl (C=O) groups is 3. The van der Waals surface area contributed by atoms with Crippen LogP contribution in [0.5, 0.6) is 0 Å². The van der Waals surface area contributed by atoms with Crippen molar-refractivity contribution in [2.24, 2.45) is 11.8 Å². The van der Waals surface area contributed by atoms with Gasteiger partial charge in [0, 0.05) is 42.4 Å². The van der Waals surface area contributed by atoms with Crippen LogP contribution >= 0.6 is 22.9 Å². The standard InChI is InChI=1S/C26H36ClN3O3S/c1-7-16(2)21(10-11-23(32)17(3)15-30(5)6)29-26(33)19(12-18(4)31)13-25-28-22-9-8-20(27)14-24(22)34-25/h8-9,14,16,19,21H,3,7,10-13,15H2,1-2,4-6H3,(H,29,33)/t16-,19-,21+/m0/s1. The van der Waals surface area contributed by atoms with Gasteiger partial charge in [-0.1, -0.05) is 38.4 Å². The van der Waals surface area contributed by atoms with Crippen LogP contribution in [-0.4, -0.2) is 54.0 Å². The highest BCUT2D eigenvalue weighted by molar-refractivity contribution is 7.18. The predicted octanol–water partition coefficient (Wildman–Crippen LogP) is 5.09. The molecule has 1 aromatic heterocycles. The average Bonchev–Trinajstić information content (AvgIpc) is 3.15. The van der Waals surface area contributed by atoms with Crippen molar-refractivity contribution in [3.63, 3.8) is 0 Å². The number of Topliss-reactive ketones (excluding diaryl/α,β-unsaturated/α-hetero) is 2. The minimum absolute atomic E-state index is 0.0182. The van der Waals surface area contributed by atoms with Gasteiger partial charge in [-0.05, 0) is 51.6 Å². The van der Waals surface area contributed by atoms with Crippen molar-refractivity contribution in [1.29, 1.82) is 0 Å². The second kappa shape index (κ2) is 13.1. The summed E-state index contributed by atoms with van der Waals surface area (Å²) >= 11 is 7.58. The largest absolute Gasteiger partial charge is 0.353 e. The molecule has 2 rings (SSSR count). The maximum atomic E-state index is 13.3. The van der Waals surface area contributed by atoms with Crippen LogP contribution in [0, 0.1) is 11.8 Å². The van der Waals surface area contributed by atoms with Gasteiger partial charge in [-0.2, -0.15) is 0 Å². The molecule has 186 valence electrons. The van der Waals surface area contributed by atoms with Crippen molar-refractivity contribution in [3.05, 3.63) is 40.4 Å². The first-order valence-electron chi connectivity index (χ1n) is 11.7. The summed E-state index contributed by atoms with van der Waals surface area (Å²) in [4.78, 5) is 44.3. The molecule has 34 heavy (non-hydrogen) atoms. The lowest BCUT2D eigenvalue weighted by molar-refractivity contribution is -0.129. The summed E-state index contributed by atoms with van der Waals surface area (Å²) in [6.07, 6.45) is 2.27. The fourth-order valence-electron chi connectivity index (χ4n) is 3.87. The lowest BCUT2D eigenvalue weighted by Gasteiger charge is -2.26. The van der Waals surface area contributed by atoms with E-state index < -0.39 is 5.92 Å². The van der Waals surface area contributed by atoms with Crippen LogP contribution in [0.4, 0.5) is 0 Å². The van der Waals surface area contributed by atoms with E-state index in [0.717, 1.165) is 21.6 Å². The molecule has 0 aliphatic carbocycles. The molecule has 0 saturated carbocycles. The highest BCUT2D eigenvalue weighted by atomic mass is 35.5. The number of amides is 1. The topological polar surface area (TPSA) is 79.4 Å². The predicted molar refractivity (Wildman–Crippen MR) is 140 cm³/mol. The first kappa shape index (κ1) is 28.1. The summed E-state index contributed by atoms with van der Waals surface area (Å²) in [5.74, 6) is -0.512. The van der Waals surface area contributed by atoms with Crippen molar-refractivity contribution < 1.29 is 14.4 Å². The maximum absolute atomic E-state index is 13.3. The van der Waals surface area contributed by atoms with E-state index in [1.807, 2.05) is 31.1 Å². The van der Waals surface area contributed by atoms with Crippen LogP contribution in [0.2, 0.25) is 5.02 Å². The van der Waals surface area contributed by atoms with Gasteiger partial charge in [0.25, 0.3) is 0 Å². The molecule has 0 spiro atoms. The summed E-state index contributed by atoms with van der Waals surface area (Å²) in [6, 6.07) is 5.35. The van der Waals surface area contributed by atoms with Crippen LogP contribution in [0.25, 0.3) is 10.2 Å². The van der Waals surface area contributed by atoms with Gasteiger partial charge in [-0.15, -0.1) is 11.3 Å². The van der Waals surface area contributed by atoms with Gasteiger partial charge < -0.3 is 15.0 Å². The van der Waals surface area contributed by atoms with E-state index in [1.54, 1.807) is 6.07 Å². The van der Waals surface area contributed by atoms with Crippen LogP contribution < -0.4 is 5.32 Å². The summed E-state index contributed by atoms with van der Waals surface area (Å²) in [6.45, 7) is 10.1. The molecule has 1 amide bonds. The molecule has 0 unspecified atom stereocenters. The summed E-state index contributed by atoms with van der Waals surface area (Å²) < 4.78 is 0.957. The molecule has 2 aromatic rings. The molecule has 0 bridgehead atoms. The van der Waals surface area contributed by atoms with E-state index in [0.29, 0.717) is 36.4 Å². The maximum Gasteiger partial charge on any atom is 0.224 e. The van der Waals surface area contributed by atoms with E-state index in [9.17, 15) is 14.4 Å². The van der Waals surface area contributed by atoms with E-state index in [4.69, 9.17) is 11.6 Å². The molecule has 0 aliphatic heterocycles. The van der Waals surface area contributed by atoms with Crippen molar-refractivity contribution in [1.82, 2.24) is 15.2 Å². The van der Waals surface area contributed by atoms with Crippen LogP contribution in [0.3, 0.4) is 0 Å². The number of fused-ring (bicyclic) bond motifs is 1. The Balaban J connectivity index is 2.11. The van der Waals surface area contributed by atoms with E-state index >= 15 is 0 Å². The van der Waals surface area contributed by atoms with Crippen molar-refractivity contribution in [2.45, 2.75) is 58.9 Å². The number of benzene rings is 1. The smallest absolute Gasteiger partial charge is 0.224 e. The number of hydrogen-bond donors (Lipinski definition) is 1. The van der Waals surface area contributed by atoms with Crippen LogP contribution in [-0.2, 0) is 20.8 Å². The highest BCUT2D eigenvalue weighted by Crippen LogP contribution is 2.28. The van der Waals surface area contributed by atoms with Crippen LogP contribution in [0.15, 0.2) is 30.4 Å². The first-order chi connectivity index (χ1) is 16.0. The number of carbonyl (C=O) groups excluding carboxylic acids is 3. The van der Waals surface area contributed by atoms with Gasteiger partial charge in [0.15, 0.2) is 5.78 Å². The minimum Gasteiger partial charge on any atom is -0.353 e. The van der Waals surface area contributed by atoms with E-state index in [1.165, 1.54) is 18.3 Å². The zero-order valence-corrected chi connectivity index (χ0v) is 22.4. The number of aromatic nitrogens is 1. The molecule has 0 radical (unpaired) electrons. The number of hydrogen-bond acceptors (Lipinski definition) is 6. The Morgan fingerprint density at radius 3 is 2.59 bits per heavy atom. The van der Waals surface area contributed by atoms with Crippen molar-refractivity contribution in [3.8, 4) is 0 Å². The Labute approximate surface area is 211 Å². The molecule has 8 heteroatoms. The van der Waals surface area contributed by atoms with Gasteiger partial charge in [-0.3, -0.25) is 9.59 Å². The number of likely N-dealkylation sites (N-methyl/N-ethyl adjacent to an activating group) is 1. The Bertz CT molecular complexity index is 1030. The van der Waals surface area contributed by atoms with Gasteiger partial charge in [0.05, 0.1) is 21.1 Å². The minimum atomic E-state index is -0.514. The Hall–Kier alpha value is -2.09. The third kappa shape index (κ3) is 8.60. The zero-order chi connectivity index (χ0) is 25.4. The zero-order valence-electron chi connectivity index (χ0n) is 20.8. The normalized spacial score (nSPS) is 14.1. The van der Waals surface area contributed by atoms with Crippen LogP contribution in [0.1, 0.15) is 51.5 Å². The molecule has 6 nitrogen and oxygen atoms in total. The number of thiazole rings is 1. The SMILES string of the molecule is C=C(CN(C)C)C(=O)CC[C@@H](NC(=O)[C@@H](CC(C)=O)Cc1nc2ccc(Cl)cc2s1)[C@@H](C)CC. The fraction of sp³-hybridized carbons (Fsp3) is 0.538. The molecule has 0 aliphatic rings. The third-order valence-corrected chi connectivity index (χ3v) is 7.24. The second-order valence-electron chi connectivity index (χ2n) is 9.33. The van der Waals surface area contributed by atoms with Gasteiger partial charge >= 0.3 is 0 Å². The number of nitrogens with zero attached hydrogens (tertiary/aromatic N) is 2. The van der Waals surface area contributed by atoms with E-state index in [-0.39, 0.29) is 35.9 Å². The molecule has 0 saturated heterocycles. The number of ketones is 2. The quantitative estimate of drug-likeness (QED) is 0.362. The Morgan fingerprint density at radius 2 is 1.97 bits per heavy atom. The average molecular weight is 506 g/mol. The Kier molecular flexibility index (Phi) is 10.9. The second-order valence-corrected chi connectivity index (χ2v) is 10.9. The lowest BCUT2D eigenvalue weighted by atomic mass is 9.91. The molecule has 1 heterocycles. The van der Waals surface area contributed by atoms with Crippen molar-refractivity contribution in [2.75, 3.05) is 20.6 Å². The Morgan fingerprint density at radius 1 is 1.26 bits per heavy atom. The van der Waals surface area contributed by atoms with Gasteiger partial charge in [-0.25, -0.2) is 4.98 Å². The summed E-state index contributed by atoms with van der Waals surface area (Å²) in [7, 11) is 3.80. The molecular formula is C26H36ClN3O3S. The van der Waals surface area contributed by atoms with Crippen molar-refractivity contribution >= 4 is 50.6 Å². The monoisotopic (exact) mass is 505 g/mol. The summed E-state index contributed by atoms with van der Waals surface area (Å²) in [5, 5.41) is 4.58. The molecule has 1 N–H and O–H groups in total. The molecule has 1 aromatic carbocycles. The number of nitrogens with one attached hydrogen (secondary N) is 1. The van der Waals surface area contributed by atoms with Gasteiger partial charge in [0.1, 0.15) is 5.78 Å².